The predicted molar refractivity (Wildman–Crippen MR) is 104 cm³/mol. The van der Waals surface area contributed by atoms with E-state index in [0.29, 0.717) is 17.9 Å². The molecular weight excluding hydrogens is 347 g/mol. The Labute approximate surface area is 159 Å². The fourth-order valence-electron chi connectivity index (χ4n) is 3.16. The molecule has 3 rings (SSSR count). The Hall–Kier alpha value is -2.60. The van der Waals surface area contributed by atoms with E-state index in [2.05, 4.69) is 4.90 Å². The van der Waals surface area contributed by atoms with Gasteiger partial charge in [-0.15, -0.1) is 0 Å². The van der Waals surface area contributed by atoms with Gasteiger partial charge in [-0.1, -0.05) is 0 Å². The van der Waals surface area contributed by atoms with Gasteiger partial charge in [0.15, 0.2) is 5.78 Å². The van der Waals surface area contributed by atoms with Crippen LogP contribution in [0.15, 0.2) is 42.5 Å². The maximum absolute atomic E-state index is 14.3. The fraction of sp³-hybridized carbons (Fsp3) is 0.381. The van der Waals surface area contributed by atoms with E-state index in [1.54, 1.807) is 19.2 Å². The largest absolute Gasteiger partial charge is 0.497 e. The molecule has 1 fully saturated rings. The molecule has 0 aliphatic carbocycles. The number of methoxy groups -OCH3 is 1. The number of piperazine rings is 1. The summed E-state index contributed by atoms with van der Waals surface area (Å²) in [5.41, 5.74) is 0.972. The predicted octanol–water partition coefficient (Wildman–Crippen LogP) is 3.24. The molecule has 1 aliphatic rings. The van der Waals surface area contributed by atoms with Crippen LogP contribution in [0.4, 0.5) is 10.1 Å². The van der Waals surface area contributed by atoms with Crippen LogP contribution in [0.2, 0.25) is 0 Å². The van der Waals surface area contributed by atoms with Crippen LogP contribution in [0.25, 0.3) is 0 Å². The zero-order valence-corrected chi connectivity index (χ0v) is 15.8. The van der Waals surface area contributed by atoms with Gasteiger partial charge < -0.3 is 14.4 Å². The fourth-order valence-corrected chi connectivity index (χ4v) is 3.16. The molecule has 0 atom stereocenters. The Bertz CT molecular complexity index is 771. The summed E-state index contributed by atoms with van der Waals surface area (Å²) >= 11 is 0. The summed E-state index contributed by atoms with van der Waals surface area (Å²) in [4.78, 5) is 15.7. The highest BCUT2D eigenvalue weighted by Gasteiger charge is 2.20. The first-order chi connectivity index (χ1) is 13.1. The Kier molecular flexibility index (Phi) is 6.29. The molecule has 5 nitrogen and oxygen atoms in total. The minimum absolute atomic E-state index is 0.123. The molecule has 0 radical (unpaired) electrons. The van der Waals surface area contributed by atoms with E-state index in [4.69, 9.17) is 9.47 Å². The van der Waals surface area contributed by atoms with Crippen molar-refractivity contribution in [3.8, 4) is 11.5 Å². The average molecular weight is 372 g/mol. The number of rotatable bonds is 7. The molecule has 0 aromatic heterocycles. The Morgan fingerprint density at radius 2 is 1.70 bits per heavy atom. The lowest BCUT2D eigenvalue weighted by molar-refractivity contribution is 0.101. The van der Waals surface area contributed by atoms with E-state index < -0.39 is 0 Å². The van der Waals surface area contributed by atoms with Gasteiger partial charge in [0.2, 0.25) is 0 Å². The summed E-state index contributed by atoms with van der Waals surface area (Å²) in [5, 5.41) is 0. The number of Topliss-reactive ketones (excluding diaryl/α,β-unsaturated/α-hetero) is 1. The minimum atomic E-state index is -0.334. The number of benzene rings is 2. The third kappa shape index (κ3) is 4.98. The van der Waals surface area contributed by atoms with E-state index >= 15 is 0 Å². The number of hydrogen-bond acceptors (Lipinski definition) is 5. The smallest absolute Gasteiger partial charge is 0.159 e. The molecule has 1 saturated heterocycles. The van der Waals surface area contributed by atoms with E-state index in [0.717, 1.165) is 44.2 Å². The van der Waals surface area contributed by atoms with Gasteiger partial charge in [0, 0.05) is 38.3 Å². The highest BCUT2D eigenvalue weighted by molar-refractivity contribution is 5.94. The van der Waals surface area contributed by atoms with Crippen molar-refractivity contribution in [2.45, 2.75) is 6.92 Å². The molecule has 0 spiro atoms. The van der Waals surface area contributed by atoms with Crippen LogP contribution in [0.3, 0.4) is 0 Å². The third-order valence-electron chi connectivity index (χ3n) is 4.80. The second-order valence-electron chi connectivity index (χ2n) is 6.58. The summed E-state index contributed by atoms with van der Waals surface area (Å²) in [5.74, 6) is 1.17. The first-order valence-corrected chi connectivity index (χ1v) is 9.11. The van der Waals surface area contributed by atoms with Gasteiger partial charge in [-0.25, -0.2) is 4.39 Å². The first kappa shape index (κ1) is 19.2. The van der Waals surface area contributed by atoms with Crippen LogP contribution >= 0.6 is 0 Å². The van der Waals surface area contributed by atoms with Crippen molar-refractivity contribution >= 4 is 11.5 Å². The molecule has 0 amide bonds. The van der Waals surface area contributed by atoms with E-state index in [1.807, 2.05) is 29.2 Å². The zero-order chi connectivity index (χ0) is 19.2. The summed E-state index contributed by atoms with van der Waals surface area (Å²) in [6, 6.07) is 12.3. The maximum Gasteiger partial charge on any atom is 0.159 e. The molecule has 27 heavy (non-hydrogen) atoms. The van der Waals surface area contributed by atoms with Crippen LogP contribution < -0.4 is 14.4 Å². The summed E-state index contributed by atoms with van der Waals surface area (Å²) in [7, 11) is 1.64. The van der Waals surface area contributed by atoms with E-state index in [1.165, 1.54) is 13.0 Å². The number of ether oxygens (including phenoxy) is 2. The number of ketones is 1. The number of nitrogens with zero attached hydrogens (tertiary/aromatic N) is 2. The molecule has 1 aliphatic heterocycles. The quantitative estimate of drug-likeness (QED) is 0.698. The molecular formula is C21H25FN2O3. The second-order valence-corrected chi connectivity index (χ2v) is 6.58. The van der Waals surface area contributed by atoms with Crippen molar-refractivity contribution in [2.24, 2.45) is 0 Å². The lowest BCUT2D eigenvalue weighted by atomic mass is 10.1. The van der Waals surface area contributed by atoms with Crippen molar-refractivity contribution < 1.29 is 18.7 Å². The van der Waals surface area contributed by atoms with Crippen molar-refractivity contribution in [3.63, 3.8) is 0 Å². The van der Waals surface area contributed by atoms with Gasteiger partial charge in [0.05, 0.1) is 12.8 Å². The number of halogens is 1. The average Bonchev–Trinajstić information content (AvgIpc) is 2.69. The van der Waals surface area contributed by atoms with Crippen molar-refractivity contribution in [1.29, 1.82) is 0 Å². The van der Waals surface area contributed by atoms with Crippen LogP contribution in [0.1, 0.15) is 17.3 Å². The molecule has 6 heteroatoms. The highest BCUT2D eigenvalue weighted by Crippen LogP contribution is 2.22. The van der Waals surface area contributed by atoms with Crippen LogP contribution in [-0.4, -0.2) is 57.1 Å². The molecule has 0 N–H and O–H groups in total. The molecule has 0 bridgehead atoms. The highest BCUT2D eigenvalue weighted by atomic mass is 19.1. The van der Waals surface area contributed by atoms with Gasteiger partial charge >= 0.3 is 0 Å². The molecule has 144 valence electrons. The lowest BCUT2D eigenvalue weighted by Crippen LogP contribution is -2.47. The topological polar surface area (TPSA) is 42.0 Å². The second kappa shape index (κ2) is 8.86. The monoisotopic (exact) mass is 372 g/mol. The Balaban J connectivity index is 1.45. The van der Waals surface area contributed by atoms with Crippen LogP contribution in [0.5, 0.6) is 11.5 Å². The van der Waals surface area contributed by atoms with Gasteiger partial charge in [-0.2, -0.15) is 0 Å². The zero-order valence-electron chi connectivity index (χ0n) is 15.8. The molecule has 1 heterocycles. The van der Waals surface area contributed by atoms with Crippen LogP contribution in [-0.2, 0) is 0 Å². The Morgan fingerprint density at radius 3 is 2.30 bits per heavy atom. The number of carbonyl (C=O) groups excluding carboxylic acids is 1. The third-order valence-corrected chi connectivity index (χ3v) is 4.80. The summed E-state index contributed by atoms with van der Waals surface area (Å²) < 4.78 is 25.2. The number of hydrogen-bond donors (Lipinski definition) is 0. The number of anilines is 1. The van der Waals surface area contributed by atoms with Gasteiger partial charge in [-0.3, -0.25) is 9.69 Å². The maximum atomic E-state index is 14.3. The first-order valence-electron chi connectivity index (χ1n) is 9.11. The van der Waals surface area contributed by atoms with Gasteiger partial charge in [-0.05, 0) is 49.4 Å². The summed E-state index contributed by atoms with van der Waals surface area (Å²) in [6.45, 7) is 6.07. The standard InChI is InChI=1S/C21H25FN2O3/c1-16(25)17-3-8-21(20(22)15-17)24-11-9-23(10-12-24)13-14-27-19-6-4-18(26-2)5-7-19/h3-8,15H,9-14H2,1-2H3. The van der Waals surface area contributed by atoms with E-state index in [9.17, 15) is 9.18 Å². The molecule has 2 aromatic carbocycles. The van der Waals surface area contributed by atoms with Crippen molar-refractivity contribution in [1.82, 2.24) is 4.90 Å². The van der Waals surface area contributed by atoms with Gasteiger partial charge in [0.25, 0.3) is 0 Å². The van der Waals surface area contributed by atoms with Crippen molar-refractivity contribution in [3.05, 3.63) is 53.8 Å². The SMILES string of the molecule is COc1ccc(OCCN2CCN(c3ccc(C(C)=O)cc3F)CC2)cc1. The normalized spacial score (nSPS) is 14.9. The molecule has 2 aromatic rings. The Morgan fingerprint density at radius 1 is 1.04 bits per heavy atom. The lowest BCUT2D eigenvalue weighted by Gasteiger charge is -2.36. The minimum Gasteiger partial charge on any atom is -0.497 e. The molecule has 0 unspecified atom stereocenters. The molecule has 0 saturated carbocycles. The summed E-state index contributed by atoms with van der Waals surface area (Å²) in [6.07, 6.45) is 0. The van der Waals surface area contributed by atoms with Crippen molar-refractivity contribution in [2.75, 3.05) is 51.3 Å². The van der Waals surface area contributed by atoms with Crippen LogP contribution in [0, 0.1) is 5.82 Å². The number of carbonyl (C=O) groups is 1. The van der Waals surface area contributed by atoms with E-state index in [-0.39, 0.29) is 11.6 Å². The van der Waals surface area contributed by atoms with Gasteiger partial charge in [0.1, 0.15) is 23.9 Å².